The van der Waals surface area contributed by atoms with E-state index in [-0.39, 0.29) is 5.91 Å². The van der Waals surface area contributed by atoms with Gasteiger partial charge in [-0.05, 0) is 55.8 Å². The maximum atomic E-state index is 12.4. The molecule has 4 heteroatoms. The van der Waals surface area contributed by atoms with Crippen molar-refractivity contribution in [1.82, 2.24) is 0 Å². The molecule has 22 heavy (non-hydrogen) atoms. The molecule has 0 fully saturated rings. The molecule has 2 aromatic rings. The van der Waals surface area contributed by atoms with Crippen LogP contribution >= 0.6 is 11.6 Å². The molecule has 1 N–H and O–H groups in total. The van der Waals surface area contributed by atoms with Crippen LogP contribution in [0.3, 0.4) is 0 Å². The predicted octanol–water partition coefficient (Wildman–Crippen LogP) is 4.50. The van der Waals surface area contributed by atoms with Gasteiger partial charge in [0.05, 0.1) is 0 Å². The lowest BCUT2D eigenvalue weighted by Gasteiger charge is -2.21. The molecule has 0 radical (unpaired) electrons. The van der Waals surface area contributed by atoms with Gasteiger partial charge in [-0.1, -0.05) is 23.7 Å². The molecule has 0 spiro atoms. The van der Waals surface area contributed by atoms with Crippen molar-refractivity contribution >= 4 is 28.9 Å². The van der Waals surface area contributed by atoms with Crippen molar-refractivity contribution < 1.29 is 4.79 Å². The van der Waals surface area contributed by atoms with Crippen molar-refractivity contribution in [3.63, 3.8) is 0 Å². The molecule has 0 heterocycles. The lowest BCUT2D eigenvalue weighted by atomic mass is 10.2. The van der Waals surface area contributed by atoms with E-state index in [2.05, 4.69) is 5.32 Å². The van der Waals surface area contributed by atoms with Gasteiger partial charge in [-0.2, -0.15) is 0 Å². The number of aryl methyl sites for hydroxylation is 1. The standard InChI is InChI=1S/C18H21ClN2O/c1-3-21(17-6-4-5-14(2)13-17)18(22)11-12-20-16-9-7-15(19)8-10-16/h4-10,13,20H,3,11-12H2,1-2H3. The average Bonchev–Trinajstić information content (AvgIpc) is 2.50. The summed E-state index contributed by atoms with van der Waals surface area (Å²) in [4.78, 5) is 14.2. The molecule has 0 saturated heterocycles. The fraction of sp³-hybridized carbons (Fsp3) is 0.278. The Morgan fingerprint density at radius 1 is 1.18 bits per heavy atom. The molecule has 2 aromatic carbocycles. The highest BCUT2D eigenvalue weighted by Gasteiger charge is 2.13. The minimum absolute atomic E-state index is 0.120. The van der Waals surface area contributed by atoms with E-state index in [4.69, 9.17) is 11.6 Å². The Bertz CT molecular complexity index is 625. The van der Waals surface area contributed by atoms with Crippen LogP contribution in [-0.4, -0.2) is 19.0 Å². The Morgan fingerprint density at radius 3 is 2.55 bits per heavy atom. The number of nitrogens with zero attached hydrogens (tertiary/aromatic N) is 1. The number of hydrogen-bond donors (Lipinski definition) is 1. The number of hydrogen-bond acceptors (Lipinski definition) is 2. The minimum atomic E-state index is 0.120. The predicted molar refractivity (Wildman–Crippen MR) is 93.8 cm³/mol. The largest absolute Gasteiger partial charge is 0.385 e. The highest BCUT2D eigenvalue weighted by Crippen LogP contribution is 2.17. The first-order chi connectivity index (χ1) is 10.6. The summed E-state index contributed by atoms with van der Waals surface area (Å²) in [5.41, 5.74) is 3.08. The molecular weight excluding hydrogens is 296 g/mol. The molecule has 0 bridgehead atoms. The molecule has 1 amide bonds. The minimum Gasteiger partial charge on any atom is -0.385 e. The lowest BCUT2D eigenvalue weighted by molar-refractivity contribution is -0.118. The second-order valence-electron chi connectivity index (χ2n) is 5.16. The van der Waals surface area contributed by atoms with Crippen molar-refractivity contribution in [2.75, 3.05) is 23.3 Å². The van der Waals surface area contributed by atoms with Crippen LogP contribution in [0, 0.1) is 6.92 Å². The van der Waals surface area contributed by atoms with Gasteiger partial charge in [-0.25, -0.2) is 0 Å². The van der Waals surface area contributed by atoms with Gasteiger partial charge in [0, 0.05) is 35.9 Å². The number of halogens is 1. The summed E-state index contributed by atoms with van der Waals surface area (Å²) in [5.74, 6) is 0.120. The highest BCUT2D eigenvalue weighted by atomic mass is 35.5. The third kappa shape index (κ3) is 4.50. The van der Waals surface area contributed by atoms with Gasteiger partial charge in [0.2, 0.25) is 5.91 Å². The van der Waals surface area contributed by atoms with Crippen LogP contribution in [0.2, 0.25) is 5.02 Å². The molecule has 0 aliphatic carbocycles. The maximum Gasteiger partial charge on any atom is 0.228 e. The summed E-state index contributed by atoms with van der Waals surface area (Å²) in [6.45, 7) is 5.29. The van der Waals surface area contributed by atoms with Gasteiger partial charge in [0.15, 0.2) is 0 Å². The number of carbonyl (C=O) groups is 1. The van der Waals surface area contributed by atoms with Crippen LogP contribution in [-0.2, 0) is 4.79 Å². The zero-order valence-corrected chi connectivity index (χ0v) is 13.7. The van der Waals surface area contributed by atoms with Crippen molar-refractivity contribution in [2.24, 2.45) is 0 Å². The van der Waals surface area contributed by atoms with E-state index < -0.39 is 0 Å². The SMILES string of the molecule is CCN(C(=O)CCNc1ccc(Cl)cc1)c1cccc(C)c1. The molecule has 0 unspecified atom stereocenters. The molecule has 0 aliphatic heterocycles. The van der Waals surface area contributed by atoms with E-state index in [9.17, 15) is 4.79 Å². The summed E-state index contributed by atoms with van der Waals surface area (Å²) < 4.78 is 0. The topological polar surface area (TPSA) is 32.3 Å². The number of anilines is 2. The molecule has 116 valence electrons. The van der Waals surface area contributed by atoms with Gasteiger partial charge in [-0.15, -0.1) is 0 Å². The Hall–Kier alpha value is -2.00. The van der Waals surface area contributed by atoms with E-state index in [1.54, 1.807) is 0 Å². The number of benzene rings is 2. The first-order valence-corrected chi connectivity index (χ1v) is 7.84. The molecule has 2 rings (SSSR count). The quantitative estimate of drug-likeness (QED) is 0.850. The zero-order valence-electron chi connectivity index (χ0n) is 13.0. The molecular formula is C18H21ClN2O. The molecule has 0 aromatic heterocycles. The molecule has 0 aliphatic rings. The number of rotatable bonds is 6. The first kappa shape index (κ1) is 16.4. The third-order valence-corrected chi connectivity index (χ3v) is 3.69. The fourth-order valence-corrected chi connectivity index (χ4v) is 2.44. The highest BCUT2D eigenvalue weighted by molar-refractivity contribution is 6.30. The van der Waals surface area contributed by atoms with Gasteiger partial charge in [0.25, 0.3) is 0 Å². The number of carbonyl (C=O) groups excluding carboxylic acids is 1. The summed E-state index contributed by atoms with van der Waals surface area (Å²) in [5, 5.41) is 3.95. The smallest absolute Gasteiger partial charge is 0.228 e. The van der Waals surface area contributed by atoms with Crippen molar-refractivity contribution in [3.05, 3.63) is 59.1 Å². The monoisotopic (exact) mass is 316 g/mol. The Kier molecular flexibility index (Phi) is 5.84. The van der Waals surface area contributed by atoms with Crippen molar-refractivity contribution in [1.29, 1.82) is 0 Å². The van der Waals surface area contributed by atoms with Crippen molar-refractivity contribution in [3.8, 4) is 0 Å². The Labute approximate surface area is 136 Å². The zero-order chi connectivity index (χ0) is 15.9. The summed E-state index contributed by atoms with van der Waals surface area (Å²) in [6.07, 6.45) is 0.449. The Morgan fingerprint density at radius 2 is 1.91 bits per heavy atom. The maximum absolute atomic E-state index is 12.4. The summed E-state index contributed by atoms with van der Waals surface area (Å²) in [6, 6.07) is 15.5. The number of amides is 1. The lowest BCUT2D eigenvalue weighted by Crippen LogP contribution is -2.31. The molecule has 0 atom stereocenters. The van der Waals surface area contributed by atoms with Crippen molar-refractivity contribution in [2.45, 2.75) is 20.3 Å². The van der Waals surface area contributed by atoms with Gasteiger partial charge >= 0.3 is 0 Å². The van der Waals surface area contributed by atoms with E-state index in [0.29, 0.717) is 24.5 Å². The van der Waals surface area contributed by atoms with Crippen LogP contribution in [0.25, 0.3) is 0 Å². The van der Waals surface area contributed by atoms with Gasteiger partial charge in [0.1, 0.15) is 0 Å². The van der Waals surface area contributed by atoms with Gasteiger partial charge < -0.3 is 10.2 Å². The summed E-state index contributed by atoms with van der Waals surface area (Å²) in [7, 11) is 0. The van der Waals surface area contributed by atoms with Crippen LogP contribution in [0.5, 0.6) is 0 Å². The van der Waals surface area contributed by atoms with Crippen LogP contribution in [0.1, 0.15) is 18.9 Å². The summed E-state index contributed by atoms with van der Waals surface area (Å²) >= 11 is 5.85. The molecule has 3 nitrogen and oxygen atoms in total. The average molecular weight is 317 g/mol. The fourth-order valence-electron chi connectivity index (χ4n) is 2.32. The van der Waals surface area contributed by atoms with E-state index in [1.807, 2.05) is 67.3 Å². The second-order valence-corrected chi connectivity index (χ2v) is 5.60. The van der Waals surface area contributed by atoms with Crippen LogP contribution in [0.15, 0.2) is 48.5 Å². The second kappa shape index (κ2) is 7.85. The third-order valence-electron chi connectivity index (χ3n) is 3.44. The van der Waals surface area contributed by atoms with Crippen LogP contribution in [0.4, 0.5) is 11.4 Å². The van der Waals surface area contributed by atoms with Gasteiger partial charge in [-0.3, -0.25) is 4.79 Å². The van der Waals surface area contributed by atoms with E-state index in [0.717, 1.165) is 16.9 Å². The first-order valence-electron chi connectivity index (χ1n) is 7.46. The van der Waals surface area contributed by atoms with Crippen LogP contribution < -0.4 is 10.2 Å². The molecule has 0 saturated carbocycles. The normalized spacial score (nSPS) is 10.3. The van der Waals surface area contributed by atoms with E-state index >= 15 is 0 Å². The van der Waals surface area contributed by atoms with E-state index in [1.165, 1.54) is 0 Å². The Balaban J connectivity index is 1.91. The number of nitrogens with one attached hydrogen (secondary N) is 1.